The van der Waals surface area contributed by atoms with E-state index in [0.717, 1.165) is 4.90 Å². The summed E-state index contributed by atoms with van der Waals surface area (Å²) < 4.78 is 15.9. The monoisotopic (exact) mass is 399 g/mol. The van der Waals surface area contributed by atoms with Gasteiger partial charge in [-0.15, -0.1) is 0 Å². The number of carboxylic acid groups (broad SMARTS) is 1. The summed E-state index contributed by atoms with van der Waals surface area (Å²) in [5.74, 6) is -1.58. The van der Waals surface area contributed by atoms with Gasteiger partial charge in [0, 0.05) is 24.3 Å². The first-order valence-corrected chi connectivity index (χ1v) is 8.84. The van der Waals surface area contributed by atoms with Gasteiger partial charge in [0.25, 0.3) is 6.29 Å². The van der Waals surface area contributed by atoms with Crippen molar-refractivity contribution in [3.8, 4) is 5.75 Å². The van der Waals surface area contributed by atoms with Crippen LogP contribution in [0.4, 0.5) is 4.79 Å². The molecule has 1 amide bonds. The van der Waals surface area contributed by atoms with Crippen molar-refractivity contribution in [1.29, 1.82) is 0 Å². The molecule has 148 valence electrons. The van der Waals surface area contributed by atoms with Crippen LogP contribution in [0.25, 0.3) is 0 Å². The van der Waals surface area contributed by atoms with E-state index in [1.54, 1.807) is 38.1 Å². The van der Waals surface area contributed by atoms with Gasteiger partial charge in [-0.2, -0.15) is 0 Å². The Morgan fingerprint density at radius 3 is 2.52 bits per heavy atom. The maximum Gasteiger partial charge on any atom is 0.413 e. The van der Waals surface area contributed by atoms with Gasteiger partial charge in [0.1, 0.15) is 17.9 Å². The van der Waals surface area contributed by atoms with Gasteiger partial charge in [0.2, 0.25) is 0 Å². The van der Waals surface area contributed by atoms with Gasteiger partial charge in [0.15, 0.2) is 0 Å². The Morgan fingerprint density at radius 2 is 1.96 bits per heavy atom. The molecule has 0 spiro atoms. The smallest absolute Gasteiger partial charge is 0.413 e. The van der Waals surface area contributed by atoms with Crippen molar-refractivity contribution in [2.24, 2.45) is 5.92 Å². The molecule has 1 aliphatic heterocycles. The molecule has 8 nitrogen and oxygen atoms in total. The molecule has 1 fully saturated rings. The molecule has 9 heteroatoms. The van der Waals surface area contributed by atoms with E-state index in [0.29, 0.717) is 10.8 Å². The minimum absolute atomic E-state index is 0.0210. The van der Waals surface area contributed by atoms with Crippen LogP contribution in [0.3, 0.4) is 0 Å². The molecule has 0 radical (unpaired) electrons. The van der Waals surface area contributed by atoms with E-state index in [2.05, 4.69) is 0 Å². The maximum absolute atomic E-state index is 12.5. The van der Waals surface area contributed by atoms with Gasteiger partial charge >= 0.3 is 18.0 Å². The molecule has 27 heavy (non-hydrogen) atoms. The zero-order valence-electron chi connectivity index (χ0n) is 15.3. The van der Waals surface area contributed by atoms with Crippen molar-refractivity contribution >= 4 is 29.6 Å². The lowest BCUT2D eigenvalue weighted by Gasteiger charge is -2.26. The molecular weight excluding hydrogens is 378 g/mol. The third kappa shape index (κ3) is 5.75. The second-order valence-corrected chi connectivity index (χ2v) is 6.98. The number of benzene rings is 1. The first-order chi connectivity index (χ1) is 12.7. The largest absolute Gasteiger partial charge is 0.488 e. The molecule has 0 aromatic heterocycles. The quantitative estimate of drug-likeness (QED) is 0.579. The molecule has 0 bridgehead atoms. The maximum atomic E-state index is 12.5. The van der Waals surface area contributed by atoms with Crippen molar-refractivity contribution in [2.45, 2.75) is 45.6 Å². The standard InChI is InChI=1S/C18H22ClNO7/c1-10(2)17(25-11(3)21)27-18(24)20-9-14(8-15(20)16(22)23)26-13-6-4-5-12(19)7-13/h4-7,10,14-15,17H,8-9H2,1-3H3,(H,22,23)/t14-,15-,17-/m0/s1. The summed E-state index contributed by atoms with van der Waals surface area (Å²) in [6, 6.07) is 5.59. The van der Waals surface area contributed by atoms with Crippen LogP contribution in [0.1, 0.15) is 27.2 Å². The molecule has 0 aliphatic carbocycles. The molecule has 1 heterocycles. The highest BCUT2D eigenvalue weighted by Gasteiger charge is 2.42. The van der Waals surface area contributed by atoms with Crippen molar-refractivity contribution < 1.29 is 33.7 Å². The van der Waals surface area contributed by atoms with Crippen LogP contribution in [0.2, 0.25) is 5.02 Å². The highest BCUT2D eigenvalue weighted by atomic mass is 35.5. The van der Waals surface area contributed by atoms with Gasteiger partial charge in [-0.3, -0.25) is 9.69 Å². The summed E-state index contributed by atoms with van der Waals surface area (Å²) >= 11 is 5.92. The lowest BCUT2D eigenvalue weighted by molar-refractivity contribution is -0.174. The molecule has 1 aromatic rings. The summed E-state index contributed by atoms with van der Waals surface area (Å²) in [7, 11) is 0. The highest BCUT2D eigenvalue weighted by molar-refractivity contribution is 6.30. The van der Waals surface area contributed by atoms with Crippen LogP contribution in [-0.2, 0) is 19.1 Å². The van der Waals surface area contributed by atoms with Crippen LogP contribution in [0, 0.1) is 5.92 Å². The molecule has 1 aromatic carbocycles. The second kappa shape index (κ2) is 8.94. The molecule has 1 N–H and O–H groups in total. The fourth-order valence-corrected chi connectivity index (χ4v) is 2.86. The average Bonchev–Trinajstić information content (AvgIpc) is 2.98. The topological polar surface area (TPSA) is 102 Å². The third-order valence-electron chi connectivity index (χ3n) is 3.92. The predicted octanol–water partition coefficient (Wildman–Crippen LogP) is 2.93. The summed E-state index contributed by atoms with van der Waals surface area (Å²) in [6.07, 6.45) is -2.42. The molecule has 1 saturated heterocycles. The Labute approximate surface area is 161 Å². The van der Waals surface area contributed by atoms with E-state index >= 15 is 0 Å². The number of ether oxygens (including phenoxy) is 3. The summed E-state index contributed by atoms with van der Waals surface area (Å²) in [6.45, 7) is 4.65. The molecular formula is C18H22ClNO7. The minimum Gasteiger partial charge on any atom is -0.488 e. The fourth-order valence-electron chi connectivity index (χ4n) is 2.68. The van der Waals surface area contributed by atoms with Crippen molar-refractivity contribution in [1.82, 2.24) is 4.90 Å². The molecule has 0 unspecified atom stereocenters. The van der Waals surface area contributed by atoms with E-state index in [4.69, 9.17) is 25.8 Å². The number of likely N-dealkylation sites (tertiary alicyclic amines) is 1. The third-order valence-corrected chi connectivity index (χ3v) is 4.16. The lowest BCUT2D eigenvalue weighted by atomic mass is 10.2. The lowest BCUT2D eigenvalue weighted by Crippen LogP contribution is -2.43. The number of aliphatic carboxylic acids is 1. The van der Waals surface area contributed by atoms with Gasteiger partial charge < -0.3 is 19.3 Å². The van der Waals surface area contributed by atoms with Crippen LogP contribution in [0.15, 0.2) is 24.3 Å². The van der Waals surface area contributed by atoms with Crippen LogP contribution < -0.4 is 4.74 Å². The van der Waals surface area contributed by atoms with E-state index in [-0.39, 0.29) is 18.9 Å². The minimum atomic E-state index is -1.17. The van der Waals surface area contributed by atoms with Crippen LogP contribution in [-0.4, -0.2) is 53.0 Å². The van der Waals surface area contributed by atoms with Crippen molar-refractivity contribution in [3.05, 3.63) is 29.3 Å². The zero-order chi connectivity index (χ0) is 20.1. The summed E-state index contributed by atoms with van der Waals surface area (Å²) in [5.41, 5.74) is 0. The first kappa shape index (κ1) is 20.8. The van der Waals surface area contributed by atoms with E-state index in [9.17, 15) is 19.5 Å². The SMILES string of the molecule is CC(=O)O[C@@H](OC(=O)N1C[C@@H](Oc2cccc(Cl)c2)C[C@H]1C(=O)O)C(C)C. The van der Waals surface area contributed by atoms with Crippen LogP contribution >= 0.6 is 11.6 Å². The Bertz CT molecular complexity index is 709. The Morgan fingerprint density at radius 1 is 1.26 bits per heavy atom. The molecule has 2 rings (SSSR count). The Hall–Kier alpha value is -2.48. The molecule has 0 saturated carbocycles. The first-order valence-electron chi connectivity index (χ1n) is 8.47. The number of carbonyl (C=O) groups is 3. The highest BCUT2D eigenvalue weighted by Crippen LogP contribution is 2.26. The number of nitrogens with zero attached hydrogens (tertiary/aromatic N) is 1. The van der Waals surface area contributed by atoms with E-state index in [1.165, 1.54) is 6.92 Å². The van der Waals surface area contributed by atoms with Crippen molar-refractivity contribution in [2.75, 3.05) is 6.54 Å². The molecule has 3 atom stereocenters. The number of halogens is 1. The zero-order valence-corrected chi connectivity index (χ0v) is 16.0. The van der Waals surface area contributed by atoms with Gasteiger partial charge in [0.05, 0.1) is 6.54 Å². The predicted molar refractivity (Wildman–Crippen MR) is 95.5 cm³/mol. The number of carboxylic acids is 1. The summed E-state index contributed by atoms with van der Waals surface area (Å²) in [4.78, 5) is 36.3. The number of hydrogen-bond acceptors (Lipinski definition) is 6. The van der Waals surface area contributed by atoms with E-state index in [1.807, 2.05) is 0 Å². The fraction of sp³-hybridized carbons (Fsp3) is 0.500. The summed E-state index contributed by atoms with van der Waals surface area (Å²) in [5, 5.41) is 9.92. The van der Waals surface area contributed by atoms with Gasteiger partial charge in [-0.1, -0.05) is 31.5 Å². The second-order valence-electron chi connectivity index (χ2n) is 6.54. The number of amides is 1. The van der Waals surface area contributed by atoms with E-state index < -0.39 is 36.5 Å². The normalized spacial score (nSPS) is 20.3. The number of esters is 1. The molecule has 1 aliphatic rings. The van der Waals surface area contributed by atoms with Gasteiger partial charge in [-0.25, -0.2) is 9.59 Å². The number of hydrogen-bond donors (Lipinski definition) is 1. The average molecular weight is 400 g/mol. The Balaban J connectivity index is 2.08. The van der Waals surface area contributed by atoms with Crippen molar-refractivity contribution in [3.63, 3.8) is 0 Å². The Kier molecular flexibility index (Phi) is 6.90. The van der Waals surface area contributed by atoms with Crippen LogP contribution in [0.5, 0.6) is 5.75 Å². The van der Waals surface area contributed by atoms with Gasteiger partial charge in [-0.05, 0) is 18.2 Å². The number of carbonyl (C=O) groups excluding carboxylic acids is 2. The number of rotatable bonds is 6.